The topological polar surface area (TPSA) is 67.9 Å². The van der Waals surface area contributed by atoms with Crippen molar-refractivity contribution in [1.82, 2.24) is 0 Å². The van der Waals surface area contributed by atoms with Crippen LogP contribution >= 0.6 is 0 Å². The highest BCUT2D eigenvalue weighted by Gasteiger charge is 2.22. The van der Waals surface area contributed by atoms with Crippen LogP contribution in [0, 0.1) is 10.1 Å². The van der Waals surface area contributed by atoms with Crippen molar-refractivity contribution in [3.8, 4) is 0 Å². The van der Waals surface area contributed by atoms with Gasteiger partial charge >= 0.3 is 0 Å². The van der Waals surface area contributed by atoms with E-state index in [0.29, 0.717) is 5.84 Å². The van der Waals surface area contributed by atoms with Gasteiger partial charge in [-0.1, -0.05) is 0 Å². The first-order chi connectivity index (χ1) is 5.77. The van der Waals surface area contributed by atoms with Crippen molar-refractivity contribution in [2.75, 3.05) is 0 Å². The molecule has 0 amide bonds. The number of nitrogens with zero attached hydrogens (tertiary/aromatic N) is 3. The number of amidine groups is 1. The molecule has 2 aliphatic heterocycles. The normalized spacial score (nSPS) is 24.8. The second-order valence-electron chi connectivity index (χ2n) is 2.44. The van der Waals surface area contributed by atoms with Crippen LogP contribution in [0.15, 0.2) is 33.9 Å². The molecule has 2 aliphatic rings. The molecule has 0 aromatic heterocycles. The first kappa shape index (κ1) is 6.90. The van der Waals surface area contributed by atoms with Crippen molar-refractivity contribution in [2.24, 2.45) is 9.98 Å². The molecule has 0 radical (unpaired) electrons. The lowest BCUT2D eigenvalue weighted by atomic mass is 10.1. The Hall–Kier alpha value is -1.78. The number of hydrogen-bond donors (Lipinski definition) is 0. The highest BCUT2D eigenvalue weighted by molar-refractivity contribution is 6.09. The van der Waals surface area contributed by atoms with Crippen molar-refractivity contribution >= 4 is 12.1 Å². The maximum Gasteiger partial charge on any atom is 0.267 e. The van der Waals surface area contributed by atoms with Crippen LogP contribution < -0.4 is 0 Å². The molecule has 60 valence electrons. The van der Waals surface area contributed by atoms with E-state index in [2.05, 4.69) is 9.98 Å². The minimum Gasteiger partial charge on any atom is -0.264 e. The molecule has 5 heteroatoms. The van der Waals surface area contributed by atoms with Gasteiger partial charge in [0.2, 0.25) is 0 Å². The van der Waals surface area contributed by atoms with Crippen LogP contribution in [0.3, 0.4) is 0 Å². The predicted molar refractivity (Wildman–Crippen MR) is 43.9 cm³/mol. The van der Waals surface area contributed by atoms with E-state index in [-0.39, 0.29) is 4.92 Å². The molecule has 1 atom stereocenters. The van der Waals surface area contributed by atoms with E-state index < -0.39 is 6.04 Å². The van der Waals surface area contributed by atoms with Gasteiger partial charge in [0.1, 0.15) is 0 Å². The third-order valence-corrected chi connectivity index (χ3v) is 1.65. The molecule has 0 aromatic carbocycles. The minimum absolute atomic E-state index is 0.389. The quantitative estimate of drug-likeness (QED) is 0.418. The lowest BCUT2D eigenvalue weighted by Crippen LogP contribution is -2.23. The summed E-state index contributed by atoms with van der Waals surface area (Å²) >= 11 is 0. The molecule has 0 saturated heterocycles. The Kier molecular flexibility index (Phi) is 1.36. The third-order valence-electron chi connectivity index (χ3n) is 1.65. The average Bonchev–Trinajstić information content (AvgIpc) is 2.49. The third kappa shape index (κ3) is 0.952. The van der Waals surface area contributed by atoms with Gasteiger partial charge in [-0.3, -0.25) is 10.1 Å². The first-order valence-electron chi connectivity index (χ1n) is 3.41. The zero-order chi connectivity index (χ0) is 8.55. The Balaban J connectivity index is 2.33. The summed E-state index contributed by atoms with van der Waals surface area (Å²) in [4.78, 5) is 17.7. The van der Waals surface area contributed by atoms with Crippen molar-refractivity contribution in [2.45, 2.75) is 6.04 Å². The second kappa shape index (κ2) is 2.37. The summed E-state index contributed by atoms with van der Waals surface area (Å²) in [6.07, 6.45) is 6.12. The zero-order valence-corrected chi connectivity index (χ0v) is 6.04. The molecule has 5 nitrogen and oxygen atoms in total. The summed E-state index contributed by atoms with van der Waals surface area (Å²) in [5, 5.41) is 10.3. The van der Waals surface area contributed by atoms with Gasteiger partial charge in [-0.15, -0.1) is 0 Å². The number of aliphatic imine (C=N–C) groups is 2. The minimum atomic E-state index is -0.804. The van der Waals surface area contributed by atoms with Crippen molar-refractivity contribution in [3.63, 3.8) is 0 Å². The van der Waals surface area contributed by atoms with E-state index in [0.717, 1.165) is 5.57 Å². The summed E-state index contributed by atoms with van der Waals surface area (Å²) < 4.78 is 0. The predicted octanol–water partition coefficient (Wildman–Crippen LogP) is 0.568. The Morgan fingerprint density at radius 3 is 3.17 bits per heavy atom. The molecule has 0 spiro atoms. The van der Waals surface area contributed by atoms with Crippen LogP contribution in [0.2, 0.25) is 0 Å². The molecule has 12 heavy (non-hydrogen) atoms. The van der Waals surface area contributed by atoms with Crippen molar-refractivity contribution in [3.05, 3.63) is 34.0 Å². The Morgan fingerprint density at radius 1 is 1.58 bits per heavy atom. The van der Waals surface area contributed by atoms with Crippen molar-refractivity contribution in [1.29, 1.82) is 0 Å². The van der Waals surface area contributed by atoms with Gasteiger partial charge in [0.15, 0.2) is 5.84 Å². The summed E-state index contributed by atoms with van der Waals surface area (Å²) in [5.41, 5.74) is 0.735. The van der Waals surface area contributed by atoms with Gasteiger partial charge in [0.05, 0.1) is 6.21 Å². The van der Waals surface area contributed by atoms with Gasteiger partial charge in [0, 0.05) is 22.8 Å². The Bertz CT molecular complexity index is 352. The van der Waals surface area contributed by atoms with Gasteiger partial charge in [-0.2, -0.15) is 0 Å². The molecule has 0 fully saturated rings. The number of nitro groups is 1. The Morgan fingerprint density at radius 2 is 2.42 bits per heavy atom. The van der Waals surface area contributed by atoms with Gasteiger partial charge in [-0.05, 0) is 6.08 Å². The molecule has 0 aromatic rings. The fraction of sp³-hybridized carbons (Fsp3) is 0.143. The molecule has 0 bridgehead atoms. The molecule has 0 N–H and O–H groups in total. The Labute approximate surface area is 68.0 Å². The van der Waals surface area contributed by atoms with Gasteiger partial charge in [-0.25, -0.2) is 9.98 Å². The number of rotatable bonds is 1. The molecule has 2 rings (SSSR count). The van der Waals surface area contributed by atoms with Crippen LogP contribution in [-0.2, 0) is 0 Å². The van der Waals surface area contributed by atoms with E-state index in [1.165, 1.54) is 12.3 Å². The van der Waals surface area contributed by atoms with Crippen LogP contribution in [0.5, 0.6) is 0 Å². The van der Waals surface area contributed by atoms with Crippen LogP contribution in [-0.4, -0.2) is 23.0 Å². The SMILES string of the molecule is O=[N+]([O-])[C@H]1C=NC2=NC=CC2=C1. The number of dihydropyridines is 1. The van der Waals surface area contributed by atoms with Crippen LogP contribution in [0.4, 0.5) is 0 Å². The van der Waals surface area contributed by atoms with Crippen LogP contribution in [0.25, 0.3) is 0 Å². The largest absolute Gasteiger partial charge is 0.267 e. The second-order valence-corrected chi connectivity index (χ2v) is 2.44. The molecular formula is C7H5N3O2. The van der Waals surface area contributed by atoms with Crippen molar-refractivity contribution < 1.29 is 4.92 Å². The zero-order valence-electron chi connectivity index (χ0n) is 6.04. The fourth-order valence-electron chi connectivity index (χ4n) is 1.06. The summed E-state index contributed by atoms with van der Waals surface area (Å²) in [6.45, 7) is 0. The van der Waals surface area contributed by atoms with E-state index in [9.17, 15) is 10.1 Å². The lowest BCUT2D eigenvalue weighted by Gasteiger charge is -2.05. The highest BCUT2D eigenvalue weighted by Crippen LogP contribution is 2.14. The monoisotopic (exact) mass is 163 g/mol. The standard InChI is InChI=1S/C7H5N3O2/c11-10(12)6-3-5-1-2-8-7(5)9-4-6/h1-4,6H/t6-/m1/s1. The highest BCUT2D eigenvalue weighted by atomic mass is 16.6. The van der Waals surface area contributed by atoms with E-state index in [1.807, 2.05) is 0 Å². The van der Waals surface area contributed by atoms with E-state index >= 15 is 0 Å². The van der Waals surface area contributed by atoms with E-state index in [1.54, 1.807) is 12.3 Å². The number of fused-ring (bicyclic) bond motifs is 1. The molecule has 2 heterocycles. The van der Waals surface area contributed by atoms with Crippen LogP contribution in [0.1, 0.15) is 0 Å². The summed E-state index contributed by atoms with van der Waals surface area (Å²) in [6, 6.07) is -0.804. The molecule has 0 aliphatic carbocycles. The smallest absolute Gasteiger partial charge is 0.264 e. The summed E-state index contributed by atoms with van der Waals surface area (Å²) in [7, 11) is 0. The molecular weight excluding hydrogens is 158 g/mol. The molecule has 0 unspecified atom stereocenters. The first-order valence-corrected chi connectivity index (χ1v) is 3.41. The lowest BCUT2D eigenvalue weighted by molar-refractivity contribution is -0.489. The molecule has 0 saturated carbocycles. The fourth-order valence-corrected chi connectivity index (χ4v) is 1.06. The van der Waals surface area contributed by atoms with E-state index in [4.69, 9.17) is 0 Å². The summed E-state index contributed by atoms with van der Waals surface area (Å²) in [5.74, 6) is 0.563. The average molecular weight is 163 g/mol. The van der Waals surface area contributed by atoms with Gasteiger partial charge in [0.25, 0.3) is 6.04 Å². The maximum atomic E-state index is 10.3. The maximum absolute atomic E-state index is 10.3. The number of hydrogen-bond acceptors (Lipinski definition) is 4. The van der Waals surface area contributed by atoms with Gasteiger partial charge < -0.3 is 0 Å².